The van der Waals surface area contributed by atoms with Crippen molar-refractivity contribution in [2.24, 2.45) is 0 Å². The molecule has 0 fully saturated rings. The fourth-order valence-corrected chi connectivity index (χ4v) is 5.04. The van der Waals surface area contributed by atoms with Gasteiger partial charge < -0.3 is 9.51 Å². The van der Waals surface area contributed by atoms with Gasteiger partial charge in [-0.2, -0.15) is 4.98 Å². The summed E-state index contributed by atoms with van der Waals surface area (Å²) in [6, 6.07) is 13.8. The lowest BCUT2D eigenvalue weighted by Crippen LogP contribution is -2.09. The predicted molar refractivity (Wildman–Crippen MR) is 124 cm³/mol. The number of aromatic nitrogens is 5. The van der Waals surface area contributed by atoms with Gasteiger partial charge in [-0.15, -0.1) is 0 Å². The van der Waals surface area contributed by atoms with Gasteiger partial charge in [0.25, 0.3) is 5.56 Å². The monoisotopic (exact) mass is 483 g/mol. The Kier molecular flexibility index (Phi) is 5.45. The lowest BCUT2D eigenvalue weighted by molar-refractivity contribution is 0.391. The topological polar surface area (TPSA) is 89.6 Å². The van der Waals surface area contributed by atoms with E-state index in [0.29, 0.717) is 36.7 Å². The summed E-state index contributed by atoms with van der Waals surface area (Å²) in [5.41, 5.74) is 2.73. The van der Waals surface area contributed by atoms with Crippen molar-refractivity contribution in [2.45, 2.75) is 17.8 Å². The summed E-state index contributed by atoms with van der Waals surface area (Å²) in [5.74, 6) is 0.532. The molecule has 0 aliphatic carbocycles. The van der Waals surface area contributed by atoms with Crippen LogP contribution in [0.1, 0.15) is 11.5 Å². The van der Waals surface area contributed by atoms with Gasteiger partial charge in [0.1, 0.15) is 10.5 Å². The zero-order valence-electron chi connectivity index (χ0n) is 16.5. The molecule has 2 aromatic carbocycles. The number of H-pyrrole nitrogens is 1. The van der Waals surface area contributed by atoms with E-state index < -0.39 is 0 Å². The van der Waals surface area contributed by atoms with E-state index >= 15 is 0 Å². The number of halogens is 1. The normalized spacial score (nSPS) is 11.3. The van der Waals surface area contributed by atoms with Gasteiger partial charge in [-0.1, -0.05) is 58.1 Å². The lowest BCUT2D eigenvalue weighted by Gasteiger charge is -2.05. The summed E-state index contributed by atoms with van der Waals surface area (Å²) in [6.07, 6.45) is 0. The number of aryl methyl sites for hydroxylation is 1. The number of aromatic amines is 1. The minimum atomic E-state index is -0.378. The van der Waals surface area contributed by atoms with Gasteiger partial charge in [0.15, 0.2) is 14.8 Å². The largest absolute Gasteiger partial charge is 0.338 e. The molecular formula is C21H14FN5O2S3. The molecular weight excluding hydrogens is 469 g/mol. The molecule has 3 aromatic heterocycles. The summed E-state index contributed by atoms with van der Waals surface area (Å²) in [4.78, 5) is 24.3. The van der Waals surface area contributed by atoms with Crippen molar-refractivity contribution in [3.05, 3.63) is 80.1 Å². The highest BCUT2D eigenvalue weighted by atomic mass is 32.2. The molecule has 1 N–H and O–H groups in total. The van der Waals surface area contributed by atoms with E-state index in [1.807, 2.05) is 31.2 Å². The van der Waals surface area contributed by atoms with Gasteiger partial charge in [0, 0.05) is 11.3 Å². The van der Waals surface area contributed by atoms with Gasteiger partial charge in [-0.25, -0.2) is 9.37 Å². The second kappa shape index (κ2) is 8.41. The van der Waals surface area contributed by atoms with Gasteiger partial charge in [-0.3, -0.25) is 9.36 Å². The average Bonchev–Trinajstić information content (AvgIpc) is 3.38. The molecule has 0 saturated heterocycles. The van der Waals surface area contributed by atoms with Crippen LogP contribution in [0.4, 0.5) is 4.39 Å². The smallest absolute Gasteiger partial charge is 0.271 e. The minimum Gasteiger partial charge on any atom is -0.338 e. The zero-order chi connectivity index (χ0) is 22.2. The third kappa shape index (κ3) is 4.01. The molecule has 0 atom stereocenters. The van der Waals surface area contributed by atoms with Crippen molar-refractivity contribution in [1.29, 1.82) is 0 Å². The maximum Gasteiger partial charge on any atom is 0.271 e. The Bertz CT molecular complexity index is 1550. The minimum absolute atomic E-state index is 0.259. The van der Waals surface area contributed by atoms with Crippen molar-refractivity contribution in [1.82, 2.24) is 24.7 Å². The van der Waals surface area contributed by atoms with Crippen molar-refractivity contribution < 1.29 is 8.91 Å². The van der Waals surface area contributed by atoms with Crippen LogP contribution >= 0.6 is 35.3 Å². The molecule has 0 aliphatic rings. The third-order valence-electron chi connectivity index (χ3n) is 4.60. The van der Waals surface area contributed by atoms with Crippen LogP contribution in [-0.4, -0.2) is 24.7 Å². The first kappa shape index (κ1) is 20.7. The van der Waals surface area contributed by atoms with Crippen molar-refractivity contribution in [2.75, 3.05) is 0 Å². The number of rotatable bonds is 5. The molecule has 0 aliphatic heterocycles. The molecule has 0 saturated carbocycles. The quantitative estimate of drug-likeness (QED) is 0.206. The zero-order valence-corrected chi connectivity index (χ0v) is 19.0. The Labute approximate surface area is 194 Å². The van der Waals surface area contributed by atoms with Crippen LogP contribution in [-0.2, 0) is 5.75 Å². The summed E-state index contributed by atoms with van der Waals surface area (Å²) >= 11 is 7.96. The third-order valence-corrected chi connectivity index (χ3v) is 6.82. The Morgan fingerprint density at radius 3 is 2.81 bits per heavy atom. The molecule has 160 valence electrons. The number of thiazole rings is 1. The van der Waals surface area contributed by atoms with Gasteiger partial charge in [0.2, 0.25) is 11.7 Å². The van der Waals surface area contributed by atoms with E-state index in [0.717, 1.165) is 11.3 Å². The van der Waals surface area contributed by atoms with Crippen LogP contribution in [0.15, 0.2) is 63.0 Å². The maximum atomic E-state index is 13.4. The Hall–Kier alpha value is -3.15. The van der Waals surface area contributed by atoms with E-state index in [4.69, 9.17) is 16.7 Å². The van der Waals surface area contributed by atoms with E-state index in [1.165, 1.54) is 35.2 Å². The molecule has 7 nitrogen and oxygen atoms in total. The molecule has 32 heavy (non-hydrogen) atoms. The predicted octanol–water partition coefficient (Wildman–Crippen LogP) is 5.29. The molecule has 0 radical (unpaired) electrons. The van der Waals surface area contributed by atoms with Crippen LogP contribution < -0.4 is 5.56 Å². The van der Waals surface area contributed by atoms with Crippen LogP contribution in [0.5, 0.6) is 0 Å². The van der Waals surface area contributed by atoms with Crippen LogP contribution in [0.25, 0.3) is 27.4 Å². The van der Waals surface area contributed by atoms with Gasteiger partial charge in [-0.05, 0) is 43.4 Å². The summed E-state index contributed by atoms with van der Waals surface area (Å²) in [6.45, 7) is 2.00. The fraction of sp³-hybridized carbons (Fsp3) is 0.0952. The molecule has 0 unspecified atom stereocenters. The van der Waals surface area contributed by atoms with E-state index in [1.54, 1.807) is 16.7 Å². The first-order chi connectivity index (χ1) is 15.5. The molecule has 0 spiro atoms. The number of benzene rings is 2. The molecule has 3 heterocycles. The number of fused-ring (bicyclic) bond motifs is 1. The van der Waals surface area contributed by atoms with Crippen LogP contribution in [0.2, 0.25) is 0 Å². The van der Waals surface area contributed by atoms with Gasteiger partial charge in [0.05, 0.1) is 5.75 Å². The first-order valence-electron chi connectivity index (χ1n) is 9.42. The van der Waals surface area contributed by atoms with Crippen molar-refractivity contribution in [3.63, 3.8) is 0 Å². The average molecular weight is 484 g/mol. The number of nitrogens with zero attached hydrogens (tertiary/aromatic N) is 4. The number of hydrogen-bond donors (Lipinski definition) is 1. The summed E-state index contributed by atoms with van der Waals surface area (Å²) in [5, 5.41) is 4.30. The first-order valence-corrected chi connectivity index (χ1v) is 11.6. The SMILES string of the molecule is Cc1ccc(-n2c(=S)sc3c(=O)[nH]c(SCc4nc(-c5cccc(F)c5)no4)nc32)cc1. The Morgan fingerprint density at radius 1 is 1.22 bits per heavy atom. The Morgan fingerprint density at radius 2 is 2.03 bits per heavy atom. The molecule has 11 heteroatoms. The second-order valence-corrected chi connectivity index (χ2v) is 9.48. The number of nitrogens with one attached hydrogen (secondary N) is 1. The lowest BCUT2D eigenvalue weighted by atomic mass is 10.2. The molecule has 0 bridgehead atoms. The molecule has 5 aromatic rings. The van der Waals surface area contributed by atoms with E-state index in [2.05, 4.69) is 20.1 Å². The second-order valence-electron chi connectivity index (χ2n) is 6.87. The Balaban J connectivity index is 1.44. The van der Waals surface area contributed by atoms with Crippen molar-refractivity contribution >= 4 is 45.7 Å². The van der Waals surface area contributed by atoms with E-state index in [-0.39, 0.29) is 17.1 Å². The highest BCUT2D eigenvalue weighted by molar-refractivity contribution is 7.98. The fourth-order valence-electron chi connectivity index (χ4n) is 3.07. The highest BCUT2D eigenvalue weighted by Gasteiger charge is 2.15. The standard InChI is InChI=1S/C21H14FN5O2S3/c1-11-5-7-14(8-6-11)27-18-16(32-21(27)30)19(28)25-20(24-18)31-10-15-23-17(26-29-15)12-3-2-4-13(22)9-12/h2-9H,10H2,1H3,(H,24,25,28). The van der Waals surface area contributed by atoms with Crippen LogP contribution in [0.3, 0.4) is 0 Å². The summed E-state index contributed by atoms with van der Waals surface area (Å²) in [7, 11) is 0. The van der Waals surface area contributed by atoms with Crippen molar-refractivity contribution in [3.8, 4) is 17.1 Å². The number of hydrogen-bond acceptors (Lipinski definition) is 8. The van der Waals surface area contributed by atoms with Gasteiger partial charge >= 0.3 is 0 Å². The van der Waals surface area contributed by atoms with Crippen LogP contribution in [0, 0.1) is 16.7 Å². The summed E-state index contributed by atoms with van der Waals surface area (Å²) < 4.78 is 21.5. The molecule has 5 rings (SSSR count). The van der Waals surface area contributed by atoms with E-state index in [9.17, 15) is 9.18 Å². The highest BCUT2D eigenvalue weighted by Crippen LogP contribution is 2.26. The number of thioether (sulfide) groups is 1. The maximum absolute atomic E-state index is 13.4. The molecule has 0 amide bonds.